The van der Waals surface area contributed by atoms with Gasteiger partial charge in [0.2, 0.25) is 0 Å². The number of carbonyl (C=O) groups is 1. The Hall–Kier alpha value is -3.29. The molecule has 146 valence electrons. The second-order valence-corrected chi connectivity index (χ2v) is 7.16. The lowest BCUT2D eigenvalue weighted by atomic mass is 10.0. The molecule has 0 spiro atoms. The molecule has 0 unspecified atom stereocenters. The van der Waals surface area contributed by atoms with Gasteiger partial charge < -0.3 is 20.4 Å². The Morgan fingerprint density at radius 3 is 2.72 bits per heavy atom. The summed E-state index contributed by atoms with van der Waals surface area (Å²) in [5, 5.41) is 10.9. The van der Waals surface area contributed by atoms with Gasteiger partial charge >= 0.3 is 5.97 Å². The SMILES string of the molecule is Nc1cc(Cn2c(C(=O)O)c(-c3ccc[nH]c3=O)c3c(Cl)c(Cl)ccc32)ccn1. The molecule has 0 saturated carbocycles. The first kappa shape index (κ1) is 19.0. The first-order valence-corrected chi connectivity index (χ1v) is 9.26. The second-order valence-electron chi connectivity index (χ2n) is 6.37. The van der Waals surface area contributed by atoms with Gasteiger partial charge in [0, 0.05) is 29.9 Å². The molecule has 3 heterocycles. The molecule has 3 aromatic heterocycles. The van der Waals surface area contributed by atoms with Crippen LogP contribution in [-0.4, -0.2) is 25.6 Å². The van der Waals surface area contributed by atoms with Gasteiger partial charge in [-0.3, -0.25) is 4.79 Å². The number of aromatic amines is 1. The third-order valence-electron chi connectivity index (χ3n) is 4.60. The summed E-state index contributed by atoms with van der Waals surface area (Å²) in [4.78, 5) is 31.3. The summed E-state index contributed by atoms with van der Waals surface area (Å²) in [7, 11) is 0. The van der Waals surface area contributed by atoms with Crippen LogP contribution in [0, 0.1) is 0 Å². The van der Waals surface area contributed by atoms with Crippen molar-refractivity contribution in [1.82, 2.24) is 14.5 Å². The molecule has 4 aromatic rings. The molecule has 0 aliphatic heterocycles. The number of H-pyrrole nitrogens is 1. The van der Waals surface area contributed by atoms with Crippen LogP contribution in [0.1, 0.15) is 16.1 Å². The number of nitrogen functional groups attached to an aromatic ring is 1. The number of carboxylic acids is 1. The standard InChI is InChI=1S/C20H14Cl2N4O3/c21-12-3-4-13-16(17(12)22)15(11-2-1-6-25-19(11)27)18(20(28)29)26(13)9-10-5-7-24-14(23)8-10/h1-8H,9H2,(H2,23,24)(H,25,27)(H,28,29). The van der Waals surface area contributed by atoms with E-state index in [1.54, 1.807) is 47.2 Å². The number of nitrogens with one attached hydrogen (secondary N) is 1. The van der Waals surface area contributed by atoms with Crippen LogP contribution in [0.3, 0.4) is 0 Å². The number of benzene rings is 1. The van der Waals surface area contributed by atoms with Crippen molar-refractivity contribution >= 4 is 45.9 Å². The Labute approximate surface area is 174 Å². The number of halogens is 2. The number of aromatic nitrogens is 3. The van der Waals surface area contributed by atoms with Gasteiger partial charge in [-0.1, -0.05) is 23.2 Å². The maximum Gasteiger partial charge on any atom is 0.353 e. The lowest BCUT2D eigenvalue weighted by Crippen LogP contribution is -2.13. The monoisotopic (exact) mass is 428 g/mol. The minimum absolute atomic E-state index is 0.0729. The van der Waals surface area contributed by atoms with Crippen molar-refractivity contribution in [2.45, 2.75) is 6.54 Å². The molecule has 4 N–H and O–H groups in total. The van der Waals surface area contributed by atoms with Gasteiger partial charge in [-0.05, 0) is 42.0 Å². The minimum Gasteiger partial charge on any atom is -0.477 e. The van der Waals surface area contributed by atoms with Crippen LogP contribution in [0.25, 0.3) is 22.0 Å². The molecular formula is C20H14Cl2N4O3. The molecule has 4 rings (SSSR count). The smallest absolute Gasteiger partial charge is 0.353 e. The Bertz CT molecular complexity index is 1330. The Kier molecular flexibility index (Phi) is 4.77. The van der Waals surface area contributed by atoms with E-state index in [0.717, 1.165) is 5.56 Å². The quantitative estimate of drug-likeness (QED) is 0.453. The zero-order valence-corrected chi connectivity index (χ0v) is 16.3. The molecule has 29 heavy (non-hydrogen) atoms. The van der Waals surface area contributed by atoms with Crippen LogP contribution in [0.4, 0.5) is 5.82 Å². The number of fused-ring (bicyclic) bond motifs is 1. The zero-order chi connectivity index (χ0) is 20.7. The van der Waals surface area contributed by atoms with E-state index < -0.39 is 11.5 Å². The topological polar surface area (TPSA) is 114 Å². The number of nitrogens with zero attached hydrogens (tertiary/aromatic N) is 2. The van der Waals surface area contributed by atoms with Crippen LogP contribution in [0.15, 0.2) is 53.6 Å². The van der Waals surface area contributed by atoms with E-state index >= 15 is 0 Å². The predicted octanol–water partition coefficient (Wildman–Crippen LogP) is 4.03. The van der Waals surface area contributed by atoms with E-state index in [0.29, 0.717) is 16.7 Å². The average Bonchev–Trinajstić information content (AvgIpc) is 3.00. The molecule has 9 heteroatoms. The fourth-order valence-corrected chi connectivity index (χ4v) is 3.83. The first-order valence-electron chi connectivity index (χ1n) is 8.50. The number of anilines is 1. The molecule has 7 nitrogen and oxygen atoms in total. The highest BCUT2D eigenvalue weighted by Crippen LogP contribution is 2.41. The van der Waals surface area contributed by atoms with Gasteiger partial charge in [0.1, 0.15) is 11.5 Å². The number of pyridine rings is 2. The number of hydrogen-bond acceptors (Lipinski definition) is 4. The first-order chi connectivity index (χ1) is 13.9. The van der Waals surface area contributed by atoms with Gasteiger partial charge in [0.25, 0.3) is 5.56 Å². The second kappa shape index (κ2) is 7.27. The van der Waals surface area contributed by atoms with Crippen molar-refractivity contribution < 1.29 is 9.90 Å². The summed E-state index contributed by atoms with van der Waals surface area (Å²) in [6, 6.07) is 9.83. The Morgan fingerprint density at radius 2 is 2.03 bits per heavy atom. The average molecular weight is 429 g/mol. The summed E-state index contributed by atoms with van der Waals surface area (Å²) in [6.45, 7) is 0.188. The maximum absolute atomic E-state index is 12.5. The number of carboxylic acid groups (broad SMARTS) is 1. The van der Waals surface area contributed by atoms with Crippen LogP contribution in [0.2, 0.25) is 10.0 Å². The molecule has 0 bridgehead atoms. The van der Waals surface area contributed by atoms with E-state index in [1.165, 1.54) is 6.20 Å². The van der Waals surface area contributed by atoms with Crippen LogP contribution >= 0.6 is 23.2 Å². The summed E-state index contributed by atoms with van der Waals surface area (Å²) < 4.78 is 1.58. The Balaban J connectivity index is 2.13. The van der Waals surface area contributed by atoms with Crippen molar-refractivity contribution in [2.75, 3.05) is 5.73 Å². The van der Waals surface area contributed by atoms with Crippen LogP contribution < -0.4 is 11.3 Å². The number of nitrogens with two attached hydrogens (primary N) is 1. The molecule has 0 saturated heterocycles. The fourth-order valence-electron chi connectivity index (χ4n) is 3.42. The van der Waals surface area contributed by atoms with Crippen molar-refractivity contribution in [3.8, 4) is 11.1 Å². The third kappa shape index (κ3) is 3.24. The van der Waals surface area contributed by atoms with E-state index in [-0.39, 0.29) is 33.4 Å². The summed E-state index contributed by atoms with van der Waals surface area (Å²) >= 11 is 12.7. The fraction of sp³-hybridized carbons (Fsp3) is 0.0500. The molecule has 0 fully saturated rings. The summed E-state index contributed by atoms with van der Waals surface area (Å²) in [6.07, 6.45) is 3.02. The minimum atomic E-state index is -1.20. The van der Waals surface area contributed by atoms with Gasteiger partial charge in [0.05, 0.1) is 21.1 Å². The van der Waals surface area contributed by atoms with Gasteiger partial charge in [-0.2, -0.15) is 0 Å². The molecular weight excluding hydrogens is 415 g/mol. The maximum atomic E-state index is 12.5. The normalized spacial score (nSPS) is 11.1. The third-order valence-corrected chi connectivity index (χ3v) is 5.40. The van der Waals surface area contributed by atoms with E-state index in [4.69, 9.17) is 28.9 Å². The van der Waals surface area contributed by atoms with E-state index in [2.05, 4.69) is 9.97 Å². The number of hydrogen-bond donors (Lipinski definition) is 3. The lowest BCUT2D eigenvalue weighted by Gasteiger charge is -2.10. The van der Waals surface area contributed by atoms with Gasteiger partial charge in [-0.15, -0.1) is 0 Å². The van der Waals surface area contributed by atoms with Crippen LogP contribution in [-0.2, 0) is 6.54 Å². The zero-order valence-electron chi connectivity index (χ0n) is 14.8. The molecule has 0 amide bonds. The van der Waals surface area contributed by atoms with Crippen molar-refractivity contribution in [3.63, 3.8) is 0 Å². The predicted molar refractivity (Wildman–Crippen MR) is 113 cm³/mol. The highest BCUT2D eigenvalue weighted by atomic mass is 35.5. The molecule has 1 aromatic carbocycles. The molecule has 0 aliphatic rings. The summed E-state index contributed by atoms with van der Waals surface area (Å²) in [5.74, 6) is -0.884. The number of aromatic carboxylic acids is 1. The Morgan fingerprint density at radius 1 is 1.24 bits per heavy atom. The van der Waals surface area contributed by atoms with Gasteiger partial charge in [-0.25, -0.2) is 9.78 Å². The lowest BCUT2D eigenvalue weighted by molar-refractivity contribution is 0.0687. The van der Waals surface area contributed by atoms with E-state index in [1.807, 2.05) is 0 Å². The summed E-state index contributed by atoms with van der Waals surface area (Å²) in [5.41, 5.74) is 6.94. The number of rotatable bonds is 4. The van der Waals surface area contributed by atoms with Crippen LogP contribution in [0.5, 0.6) is 0 Å². The molecule has 0 aliphatic carbocycles. The molecule has 0 atom stereocenters. The van der Waals surface area contributed by atoms with Crippen molar-refractivity contribution in [1.29, 1.82) is 0 Å². The van der Waals surface area contributed by atoms with Crippen molar-refractivity contribution in [2.24, 2.45) is 0 Å². The van der Waals surface area contributed by atoms with Gasteiger partial charge in [0.15, 0.2) is 0 Å². The highest BCUT2D eigenvalue weighted by Gasteiger charge is 2.27. The largest absolute Gasteiger partial charge is 0.477 e. The highest BCUT2D eigenvalue weighted by molar-refractivity contribution is 6.46. The van der Waals surface area contributed by atoms with Crippen molar-refractivity contribution in [3.05, 3.63) is 80.4 Å². The molecule has 0 radical (unpaired) electrons. The van der Waals surface area contributed by atoms with E-state index in [9.17, 15) is 14.7 Å².